The van der Waals surface area contributed by atoms with Gasteiger partial charge in [0.1, 0.15) is 5.38 Å². The molecule has 2 nitrogen and oxygen atoms in total. The summed E-state index contributed by atoms with van der Waals surface area (Å²) in [6.07, 6.45) is 1.10. The molecule has 0 aliphatic carbocycles. The molecular formula is C9H17ClN2. The molecule has 0 rings (SSSR count). The van der Waals surface area contributed by atoms with Gasteiger partial charge in [-0.2, -0.15) is 5.26 Å². The average Bonchev–Trinajstić information content (AvgIpc) is 2.03. The van der Waals surface area contributed by atoms with Crippen LogP contribution in [0.5, 0.6) is 0 Å². The highest BCUT2D eigenvalue weighted by atomic mass is 35.5. The van der Waals surface area contributed by atoms with Crippen molar-refractivity contribution < 1.29 is 0 Å². The van der Waals surface area contributed by atoms with Crippen LogP contribution in [0, 0.1) is 11.3 Å². The molecule has 0 aromatic rings. The molecule has 0 aromatic carbocycles. The highest BCUT2D eigenvalue weighted by Crippen LogP contribution is 2.04. The van der Waals surface area contributed by atoms with Gasteiger partial charge in [0.2, 0.25) is 0 Å². The lowest BCUT2D eigenvalue weighted by Gasteiger charge is -2.25. The maximum Gasteiger partial charge on any atom is 0.133 e. The Kier molecular flexibility index (Phi) is 6.14. The third-order valence-electron chi connectivity index (χ3n) is 1.78. The summed E-state index contributed by atoms with van der Waals surface area (Å²) in [7, 11) is 0. The zero-order chi connectivity index (χ0) is 9.56. The number of halogens is 1. The van der Waals surface area contributed by atoms with E-state index in [1.165, 1.54) is 0 Å². The number of hydrogen-bond donors (Lipinski definition) is 0. The number of hydrogen-bond acceptors (Lipinski definition) is 2. The quantitative estimate of drug-likeness (QED) is 0.619. The van der Waals surface area contributed by atoms with Crippen LogP contribution in [-0.2, 0) is 0 Å². The van der Waals surface area contributed by atoms with Gasteiger partial charge in [-0.15, -0.1) is 11.6 Å². The lowest BCUT2D eigenvalue weighted by molar-refractivity contribution is 0.228. The molecule has 0 aliphatic heterocycles. The Labute approximate surface area is 80.1 Å². The van der Waals surface area contributed by atoms with E-state index in [2.05, 4.69) is 25.7 Å². The molecule has 0 radical (unpaired) electrons. The van der Waals surface area contributed by atoms with Gasteiger partial charge >= 0.3 is 0 Å². The summed E-state index contributed by atoms with van der Waals surface area (Å²) < 4.78 is 0. The smallest absolute Gasteiger partial charge is 0.133 e. The van der Waals surface area contributed by atoms with Crippen molar-refractivity contribution in [1.82, 2.24) is 4.90 Å². The van der Waals surface area contributed by atoms with Crippen molar-refractivity contribution in [2.75, 3.05) is 13.1 Å². The first-order chi connectivity index (χ1) is 5.61. The Hall–Kier alpha value is -0.260. The van der Waals surface area contributed by atoms with E-state index in [1.54, 1.807) is 0 Å². The predicted octanol–water partition coefficient (Wildman–Crippen LogP) is 2.24. The fraction of sp³-hybridized carbons (Fsp3) is 0.889. The number of rotatable bonds is 5. The number of alkyl halides is 1. The van der Waals surface area contributed by atoms with Crippen molar-refractivity contribution in [3.8, 4) is 6.07 Å². The Morgan fingerprint density at radius 3 is 2.42 bits per heavy atom. The van der Waals surface area contributed by atoms with Gasteiger partial charge in [0.15, 0.2) is 0 Å². The van der Waals surface area contributed by atoms with Crippen LogP contribution in [0.15, 0.2) is 0 Å². The van der Waals surface area contributed by atoms with Crippen LogP contribution in [0.2, 0.25) is 0 Å². The molecule has 3 heteroatoms. The normalized spacial score (nSPS) is 13.4. The first-order valence-electron chi connectivity index (χ1n) is 4.39. The molecule has 0 aliphatic rings. The summed E-state index contributed by atoms with van der Waals surface area (Å²) in [4.78, 5) is 2.22. The largest absolute Gasteiger partial charge is 0.298 e. The topological polar surface area (TPSA) is 27.0 Å². The minimum Gasteiger partial charge on any atom is -0.298 e. The maximum absolute atomic E-state index is 8.53. The lowest BCUT2D eigenvalue weighted by Crippen LogP contribution is -2.36. The molecule has 0 saturated heterocycles. The monoisotopic (exact) mass is 188 g/mol. The van der Waals surface area contributed by atoms with Gasteiger partial charge in [0, 0.05) is 12.6 Å². The molecule has 0 saturated carbocycles. The second-order valence-corrected chi connectivity index (χ2v) is 3.71. The van der Waals surface area contributed by atoms with E-state index in [1.807, 2.05) is 6.07 Å². The minimum atomic E-state index is -0.376. The highest BCUT2D eigenvalue weighted by molar-refractivity contribution is 6.22. The SMILES string of the molecule is CCCN(CC(Cl)C#N)C(C)C. The molecule has 0 N–H and O–H groups in total. The van der Waals surface area contributed by atoms with E-state index < -0.39 is 0 Å². The summed E-state index contributed by atoms with van der Waals surface area (Å²) in [5.74, 6) is 0. The Balaban J connectivity index is 3.88. The molecule has 0 bridgehead atoms. The first kappa shape index (κ1) is 11.7. The van der Waals surface area contributed by atoms with Crippen molar-refractivity contribution in [2.45, 2.75) is 38.6 Å². The van der Waals surface area contributed by atoms with E-state index in [4.69, 9.17) is 16.9 Å². The van der Waals surface area contributed by atoms with Crippen molar-refractivity contribution >= 4 is 11.6 Å². The molecule has 70 valence electrons. The van der Waals surface area contributed by atoms with Crippen molar-refractivity contribution in [2.24, 2.45) is 0 Å². The predicted molar refractivity (Wildman–Crippen MR) is 52.3 cm³/mol. The van der Waals surface area contributed by atoms with E-state index in [0.29, 0.717) is 12.6 Å². The van der Waals surface area contributed by atoms with Crippen molar-refractivity contribution in [3.05, 3.63) is 0 Å². The highest BCUT2D eigenvalue weighted by Gasteiger charge is 2.12. The lowest BCUT2D eigenvalue weighted by atomic mass is 10.2. The van der Waals surface area contributed by atoms with E-state index in [-0.39, 0.29) is 5.38 Å². The molecule has 0 spiro atoms. The Morgan fingerprint density at radius 1 is 1.50 bits per heavy atom. The van der Waals surface area contributed by atoms with Crippen molar-refractivity contribution in [3.63, 3.8) is 0 Å². The Morgan fingerprint density at radius 2 is 2.08 bits per heavy atom. The fourth-order valence-corrected chi connectivity index (χ4v) is 1.27. The zero-order valence-corrected chi connectivity index (χ0v) is 8.80. The summed E-state index contributed by atoms with van der Waals surface area (Å²) >= 11 is 5.74. The minimum absolute atomic E-state index is 0.376. The average molecular weight is 189 g/mol. The standard InChI is InChI=1S/C9H17ClN2/c1-4-5-12(8(2)3)7-9(10)6-11/h8-9H,4-5,7H2,1-3H3. The summed E-state index contributed by atoms with van der Waals surface area (Å²) in [6, 6.07) is 2.50. The van der Waals surface area contributed by atoms with Crippen LogP contribution in [0.1, 0.15) is 27.2 Å². The van der Waals surface area contributed by atoms with E-state index >= 15 is 0 Å². The van der Waals surface area contributed by atoms with E-state index in [0.717, 1.165) is 13.0 Å². The third kappa shape index (κ3) is 4.58. The second-order valence-electron chi connectivity index (χ2n) is 3.19. The van der Waals surface area contributed by atoms with Crippen LogP contribution >= 0.6 is 11.6 Å². The number of nitriles is 1. The number of nitrogens with zero attached hydrogens (tertiary/aromatic N) is 2. The van der Waals surface area contributed by atoms with Gasteiger partial charge < -0.3 is 0 Å². The van der Waals surface area contributed by atoms with Crippen molar-refractivity contribution in [1.29, 1.82) is 5.26 Å². The van der Waals surface area contributed by atoms with Crippen LogP contribution in [0.25, 0.3) is 0 Å². The zero-order valence-electron chi connectivity index (χ0n) is 8.05. The van der Waals surface area contributed by atoms with Crippen LogP contribution in [-0.4, -0.2) is 29.4 Å². The maximum atomic E-state index is 8.53. The van der Waals surface area contributed by atoms with Crippen LogP contribution in [0.4, 0.5) is 0 Å². The van der Waals surface area contributed by atoms with Gasteiger partial charge in [0.05, 0.1) is 6.07 Å². The molecular weight excluding hydrogens is 172 g/mol. The van der Waals surface area contributed by atoms with Gasteiger partial charge in [0.25, 0.3) is 0 Å². The molecule has 1 atom stereocenters. The second kappa shape index (κ2) is 6.28. The van der Waals surface area contributed by atoms with Gasteiger partial charge in [-0.3, -0.25) is 4.90 Å². The van der Waals surface area contributed by atoms with Crippen LogP contribution < -0.4 is 0 Å². The van der Waals surface area contributed by atoms with Gasteiger partial charge in [-0.25, -0.2) is 0 Å². The molecule has 0 fully saturated rings. The summed E-state index contributed by atoms with van der Waals surface area (Å²) in [6.45, 7) is 8.06. The third-order valence-corrected chi connectivity index (χ3v) is 2.01. The molecule has 0 amide bonds. The van der Waals surface area contributed by atoms with E-state index in [9.17, 15) is 0 Å². The molecule has 0 aromatic heterocycles. The summed E-state index contributed by atoms with van der Waals surface area (Å²) in [5.41, 5.74) is 0. The molecule has 1 unspecified atom stereocenters. The Bertz CT molecular complexity index is 151. The van der Waals surface area contributed by atoms with Gasteiger partial charge in [-0.05, 0) is 26.8 Å². The molecule has 0 heterocycles. The molecule has 12 heavy (non-hydrogen) atoms. The summed E-state index contributed by atoms with van der Waals surface area (Å²) in [5, 5.41) is 8.15. The fourth-order valence-electron chi connectivity index (χ4n) is 1.09. The van der Waals surface area contributed by atoms with Crippen LogP contribution in [0.3, 0.4) is 0 Å². The van der Waals surface area contributed by atoms with Gasteiger partial charge in [-0.1, -0.05) is 6.92 Å². The first-order valence-corrected chi connectivity index (χ1v) is 4.83.